The van der Waals surface area contributed by atoms with Gasteiger partial charge in [-0.1, -0.05) is 30.0 Å². The highest BCUT2D eigenvalue weighted by molar-refractivity contribution is 8.14. The molecule has 20 heavy (non-hydrogen) atoms. The predicted molar refractivity (Wildman–Crippen MR) is 79.8 cm³/mol. The zero-order chi connectivity index (χ0) is 14.7. The average Bonchev–Trinajstić information content (AvgIpc) is 2.77. The van der Waals surface area contributed by atoms with Gasteiger partial charge in [0.1, 0.15) is 5.75 Å². The Morgan fingerprint density at radius 3 is 2.80 bits per heavy atom. The first-order chi connectivity index (χ1) is 9.52. The predicted octanol–water partition coefficient (Wildman–Crippen LogP) is 2.64. The van der Waals surface area contributed by atoms with E-state index in [2.05, 4.69) is 0 Å². The second-order valence-electron chi connectivity index (χ2n) is 4.90. The molecule has 0 radical (unpaired) electrons. The minimum Gasteiger partial charge on any atom is -0.496 e. The van der Waals surface area contributed by atoms with Crippen LogP contribution in [0.5, 0.6) is 5.75 Å². The van der Waals surface area contributed by atoms with Crippen LogP contribution >= 0.6 is 11.8 Å². The average molecular weight is 293 g/mol. The normalized spacial score (nSPS) is 20.1. The topological polar surface area (TPSA) is 46.6 Å². The fourth-order valence-corrected chi connectivity index (χ4v) is 3.50. The van der Waals surface area contributed by atoms with Crippen LogP contribution in [0.3, 0.4) is 0 Å². The molecular weight excluding hydrogens is 274 g/mol. The lowest BCUT2D eigenvalue weighted by molar-refractivity contribution is -0.129. The zero-order valence-electron chi connectivity index (χ0n) is 12.0. The molecule has 0 aliphatic carbocycles. The molecule has 2 atom stereocenters. The number of amides is 1. The second-order valence-corrected chi connectivity index (χ2v) is 6.38. The van der Waals surface area contributed by atoms with Crippen molar-refractivity contribution < 1.29 is 14.3 Å². The second kappa shape index (κ2) is 6.31. The van der Waals surface area contributed by atoms with E-state index in [1.807, 2.05) is 36.1 Å². The Morgan fingerprint density at radius 1 is 1.45 bits per heavy atom. The maximum atomic E-state index is 12.1. The number of carbonyl (C=O) groups excluding carboxylic acids is 2. The molecule has 0 N–H and O–H groups in total. The van der Waals surface area contributed by atoms with Gasteiger partial charge in [-0.3, -0.25) is 9.59 Å². The Balaban J connectivity index is 2.15. The first-order valence-corrected chi connectivity index (χ1v) is 7.50. The number of methoxy groups -OCH3 is 1. The monoisotopic (exact) mass is 293 g/mol. The van der Waals surface area contributed by atoms with Gasteiger partial charge in [0.25, 0.3) is 0 Å². The van der Waals surface area contributed by atoms with Crippen LogP contribution in [0.4, 0.5) is 0 Å². The van der Waals surface area contributed by atoms with Crippen molar-refractivity contribution in [2.75, 3.05) is 13.7 Å². The van der Waals surface area contributed by atoms with Crippen LogP contribution in [-0.2, 0) is 9.59 Å². The SMILES string of the molecule is COc1ccccc1C(C)N1CC(SC(C)=O)CC1=O. The molecule has 1 heterocycles. The van der Waals surface area contributed by atoms with Gasteiger partial charge < -0.3 is 9.64 Å². The van der Waals surface area contributed by atoms with Gasteiger partial charge in [0.05, 0.1) is 13.2 Å². The number of likely N-dealkylation sites (tertiary alicyclic amines) is 1. The summed E-state index contributed by atoms with van der Waals surface area (Å²) >= 11 is 1.26. The first kappa shape index (κ1) is 14.9. The van der Waals surface area contributed by atoms with Crippen molar-refractivity contribution >= 4 is 22.8 Å². The summed E-state index contributed by atoms with van der Waals surface area (Å²) in [6.07, 6.45) is 0.434. The highest BCUT2D eigenvalue weighted by atomic mass is 32.2. The minimum atomic E-state index is -0.0452. The Bertz CT molecular complexity index is 518. The molecule has 1 aliphatic heterocycles. The number of ether oxygens (including phenoxy) is 1. The Labute approximate surface area is 123 Å². The fraction of sp³-hybridized carbons (Fsp3) is 0.467. The number of hydrogen-bond donors (Lipinski definition) is 0. The third kappa shape index (κ3) is 3.15. The number of nitrogens with zero attached hydrogens (tertiary/aromatic N) is 1. The summed E-state index contributed by atoms with van der Waals surface area (Å²) in [4.78, 5) is 25.1. The van der Waals surface area contributed by atoms with Crippen LogP contribution in [-0.4, -0.2) is 34.8 Å². The number of benzene rings is 1. The Kier molecular flexibility index (Phi) is 4.70. The number of rotatable bonds is 4. The lowest BCUT2D eigenvalue weighted by Crippen LogP contribution is -2.29. The van der Waals surface area contributed by atoms with Crippen molar-refractivity contribution in [2.45, 2.75) is 31.6 Å². The van der Waals surface area contributed by atoms with E-state index in [4.69, 9.17) is 4.74 Å². The molecule has 1 aliphatic rings. The van der Waals surface area contributed by atoms with Gasteiger partial charge in [-0.15, -0.1) is 0 Å². The lowest BCUT2D eigenvalue weighted by Gasteiger charge is -2.26. The van der Waals surface area contributed by atoms with Crippen molar-refractivity contribution in [3.8, 4) is 5.75 Å². The van der Waals surface area contributed by atoms with Crippen LogP contribution in [0.15, 0.2) is 24.3 Å². The molecule has 1 fully saturated rings. The summed E-state index contributed by atoms with van der Waals surface area (Å²) in [5, 5.41) is 0.131. The van der Waals surface area contributed by atoms with Crippen LogP contribution in [0, 0.1) is 0 Å². The number of hydrogen-bond acceptors (Lipinski definition) is 4. The van der Waals surface area contributed by atoms with E-state index in [1.54, 1.807) is 14.0 Å². The molecule has 5 heteroatoms. The minimum absolute atomic E-state index is 0.0452. The van der Waals surface area contributed by atoms with E-state index in [9.17, 15) is 9.59 Å². The molecule has 1 amide bonds. The van der Waals surface area contributed by atoms with Gasteiger partial charge >= 0.3 is 0 Å². The van der Waals surface area contributed by atoms with Crippen LogP contribution in [0.1, 0.15) is 31.9 Å². The molecule has 1 aromatic rings. The van der Waals surface area contributed by atoms with E-state index in [0.717, 1.165) is 11.3 Å². The maximum absolute atomic E-state index is 12.1. The molecule has 4 nitrogen and oxygen atoms in total. The molecule has 108 valence electrons. The smallest absolute Gasteiger partial charge is 0.224 e. The fourth-order valence-electron chi connectivity index (χ4n) is 2.56. The molecule has 1 aromatic carbocycles. The van der Waals surface area contributed by atoms with E-state index < -0.39 is 0 Å². The maximum Gasteiger partial charge on any atom is 0.224 e. The van der Waals surface area contributed by atoms with E-state index >= 15 is 0 Å². The summed E-state index contributed by atoms with van der Waals surface area (Å²) in [6.45, 7) is 4.15. The highest BCUT2D eigenvalue weighted by Gasteiger charge is 2.34. The highest BCUT2D eigenvalue weighted by Crippen LogP contribution is 2.34. The summed E-state index contributed by atoms with van der Waals surface area (Å²) in [6, 6.07) is 7.68. The van der Waals surface area contributed by atoms with Crippen molar-refractivity contribution in [1.82, 2.24) is 4.90 Å². The van der Waals surface area contributed by atoms with E-state index in [1.165, 1.54) is 11.8 Å². The summed E-state index contributed by atoms with van der Waals surface area (Å²) in [5.41, 5.74) is 0.997. The quantitative estimate of drug-likeness (QED) is 0.856. The van der Waals surface area contributed by atoms with Gasteiger partial charge in [-0.05, 0) is 13.0 Å². The molecule has 1 saturated heterocycles. The van der Waals surface area contributed by atoms with Gasteiger partial charge in [-0.25, -0.2) is 0 Å². The molecular formula is C15H19NO3S. The third-order valence-electron chi connectivity index (χ3n) is 3.51. The number of carbonyl (C=O) groups is 2. The van der Waals surface area contributed by atoms with E-state index in [-0.39, 0.29) is 22.3 Å². The molecule has 0 spiro atoms. The van der Waals surface area contributed by atoms with Gasteiger partial charge in [-0.2, -0.15) is 0 Å². The molecule has 2 rings (SSSR count). The van der Waals surface area contributed by atoms with E-state index in [0.29, 0.717) is 13.0 Å². The van der Waals surface area contributed by atoms with Crippen molar-refractivity contribution in [1.29, 1.82) is 0 Å². The van der Waals surface area contributed by atoms with Crippen LogP contribution < -0.4 is 4.74 Å². The van der Waals surface area contributed by atoms with Gasteiger partial charge in [0, 0.05) is 30.7 Å². The first-order valence-electron chi connectivity index (χ1n) is 6.62. The Hall–Kier alpha value is -1.49. The third-order valence-corrected chi connectivity index (χ3v) is 4.49. The van der Waals surface area contributed by atoms with Crippen molar-refractivity contribution in [2.24, 2.45) is 0 Å². The van der Waals surface area contributed by atoms with Crippen LogP contribution in [0.25, 0.3) is 0 Å². The number of para-hydroxylation sites is 1. The number of thioether (sulfide) groups is 1. The lowest BCUT2D eigenvalue weighted by atomic mass is 10.1. The molecule has 0 saturated carbocycles. The summed E-state index contributed by atoms with van der Waals surface area (Å²) in [7, 11) is 1.63. The summed E-state index contributed by atoms with van der Waals surface area (Å²) < 4.78 is 5.36. The molecule has 0 bridgehead atoms. The largest absolute Gasteiger partial charge is 0.496 e. The Morgan fingerprint density at radius 2 is 2.15 bits per heavy atom. The summed E-state index contributed by atoms with van der Waals surface area (Å²) in [5.74, 6) is 0.887. The zero-order valence-corrected chi connectivity index (χ0v) is 12.8. The van der Waals surface area contributed by atoms with Crippen molar-refractivity contribution in [3.05, 3.63) is 29.8 Å². The molecule has 2 unspecified atom stereocenters. The van der Waals surface area contributed by atoms with Gasteiger partial charge in [0.2, 0.25) is 5.91 Å². The van der Waals surface area contributed by atoms with Crippen LogP contribution in [0.2, 0.25) is 0 Å². The molecule has 0 aromatic heterocycles. The standard InChI is InChI=1S/C15H19NO3S/c1-10(13-6-4-5-7-14(13)19-3)16-9-12(8-15(16)18)20-11(2)17/h4-7,10,12H,8-9H2,1-3H3. The van der Waals surface area contributed by atoms with Crippen molar-refractivity contribution in [3.63, 3.8) is 0 Å². The van der Waals surface area contributed by atoms with Gasteiger partial charge in [0.15, 0.2) is 5.12 Å².